The Kier molecular flexibility index (Phi) is 4.01. The summed E-state index contributed by atoms with van der Waals surface area (Å²) in [5.41, 5.74) is 0.385. The van der Waals surface area contributed by atoms with Crippen LogP contribution >= 0.6 is 0 Å². The molecular weight excluding hydrogens is 248 g/mol. The van der Waals surface area contributed by atoms with Crippen molar-refractivity contribution in [3.8, 4) is 17.6 Å². The minimum atomic E-state index is -1.66. The number of nitrogens with zero attached hydrogens (tertiary/aromatic N) is 1. The molecule has 0 atom stereocenters. The molecule has 0 bridgehead atoms. The number of benzene rings is 2. The molecule has 0 aromatic heterocycles. The van der Waals surface area contributed by atoms with Crippen LogP contribution in [0.15, 0.2) is 48.5 Å². The number of para-hydroxylation sites is 1. The molecule has 0 radical (unpaired) electrons. The molecule has 0 saturated heterocycles. The van der Waals surface area contributed by atoms with E-state index in [1.54, 1.807) is 24.3 Å². The van der Waals surface area contributed by atoms with E-state index in [0.29, 0.717) is 5.56 Å². The minimum absolute atomic E-state index is 0.119. The molecule has 4 nitrogen and oxygen atoms in total. The van der Waals surface area contributed by atoms with Gasteiger partial charge in [0.25, 0.3) is 0 Å². The van der Waals surface area contributed by atoms with Gasteiger partial charge in [0.2, 0.25) is 0 Å². The molecule has 0 amide bonds. The zero-order valence-electron chi connectivity index (χ0n) is 9.79. The fraction of sp³-hybridized carbons (Fsp3) is 0. The van der Waals surface area contributed by atoms with Crippen LogP contribution in [0.5, 0.6) is 11.5 Å². The number of rotatable bonds is 4. The van der Waals surface area contributed by atoms with Crippen LogP contribution in [0.1, 0.15) is 5.56 Å². The number of hydrogen-bond acceptors (Lipinski definition) is 4. The molecule has 94 valence electrons. The van der Waals surface area contributed by atoms with Crippen LogP contribution in [-0.2, 0) is 0 Å². The van der Waals surface area contributed by atoms with Crippen molar-refractivity contribution in [2.45, 2.75) is 0 Å². The van der Waals surface area contributed by atoms with Crippen LogP contribution in [0, 0.1) is 17.1 Å². The van der Waals surface area contributed by atoms with Gasteiger partial charge in [-0.25, -0.2) is 4.39 Å². The Bertz CT molecular complexity index is 615. The normalized spacial score (nSPS) is 9.53. The second kappa shape index (κ2) is 5.89. The zero-order chi connectivity index (χ0) is 13.7. The zero-order valence-corrected chi connectivity index (χ0v) is 9.79. The fourth-order valence-electron chi connectivity index (χ4n) is 1.43. The summed E-state index contributed by atoms with van der Waals surface area (Å²) >= 11 is 0. The Labute approximate surface area is 109 Å². The van der Waals surface area contributed by atoms with Gasteiger partial charge in [0.15, 0.2) is 5.82 Å². The van der Waals surface area contributed by atoms with E-state index in [1.807, 2.05) is 6.07 Å². The summed E-state index contributed by atoms with van der Waals surface area (Å²) in [6.07, 6.45) is 0. The lowest BCUT2D eigenvalue weighted by Crippen LogP contribution is -2.30. The lowest BCUT2D eigenvalue weighted by atomic mass is 10.2. The van der Waals surface area contributed by atoms with Gasteiger partial charge in [-0.1, -0.05) is 18.2 Å². The highest BCUT2D eigenvalue weighted by molar-refractivity contribution is 6.36. The number of halogens is 1. The summed E-state index contributed by atoms with van der Waals surface area (Å²) < 4.78 is 23.2. The van der Waals surface area contributed by atoms with Crippen LogP contribution in [0.25, 0.3) is 0 Å². The first-order chi connectivity index (χ1) is 9.19. The third-order valence-electron chi connectivity index (χ3n) is 2.26. The SMILES string of the molecule is N#Cc1cccc(OB(O)Oc2ccccc2F)c1. The van der Waals surface area contributed by atoms with Gasteiger partial charge in [0.1, 0.15) is 11.5 Å². The van der Waals surface area contributed by atoms with E-state index in [4.69, 9.17) is 14.6 Å². The molecule has 0 aliphatic rings. The molecule has 0 saturated carbocycles. The molecule has 6 heteroatoms. The second-order valence-corrected chi connectivity index (χ2v) is 3.61. The first-order valence-corrected chi connectivity index (χ1v) is 5.45. The summed E-state index contributed by atoms with van der Waals surface area (Å²) in [5, 5.41) is 18.3. The molecule has 0 fully saturated rings. The lowest BCUT2D eigenvalue weighted by molar-refractivity contribution is 0.291. The molecule has 0 unspecified atom stereocenters. The molecule has 0 spiro atoms. The fourth-order valence-corrected chi connectivity index (χ4v) is 1.43. The van der Waals surface area contributed by atoms with Crippen molar-refractivity contribution >= 4 is 7.32 Å². The van der Waals surface area contributed by atoms with E-state index in [-0.39, 0.29) is 11.5 Å². The second-order valence-electron chi connectivity index (χ2n) is 3.61. The van der Waals surface area contributed by atoms with Gasteiger partial charge in [-0.05, 0) is 30.3 Å². The maximum Gasteiger partial charge on any atom is 0.785 e. The summed E-state index contributed by atoms with van der Waals surface area (Å²) in [6.45, 7) is 0. The van der Waals surface area contributed by atoms with E-state index in [0.717, 1.165) is 0 Å². The van der Waals surface area contributed by atoms with Crippen molar-refractivity contribution in [1.29, 1.82) is 5.26 Å². The van der Waals surface area contributed by atoms with Crippen LogP contribution in [0.4, 0.5) is 4.39 Å². The summed E-state index contributed by atoms with van der Waals surface area (Å²) in [7, 11) is -1.66. The quantitative estimate of drug-likeness (QED) is 0.852. The maximum atomic E-state index is 13.3. The van der Waals surface area contributed by atoms with Crippen molar-refractivity contribution in [2.24, 2.45) is 0 Å². The van der Waals surface area contributed by atoms with E-state index >= 15 is 0 Å². The Morgan fingerprint density at radius 1 is 1.11 bits per heavy atom. The number of nitriles is 1. The molecule has 1 N–H and O–H groups in total. The highest BCUT2D eigenvalue weighted by atomic mass is 19.1. The van der Waals surface area contributed by atoms with Gasteiger partial charge in [0, 0.05) is 0 Å². The molecule has 19 heavy (non-hydrogen) atoms. The molecular formula is C13H9BFNO3. The van der Waals surface area contributed by atoms with Gasteiger partial charge in [-0.15, -0.1) is 0 Å². The molecule has 2 aromatic rings. The summed E-state index contributed by atoms with van der Waals surface area (Å²) in [6, 6.07) is 13.8. The van der Waals surface area contributed by atoms with Crippen molar-refractivity contribution < 1.29 is 18.7 Å². The van der Waals surface area contributed by atoms with Crippen molar-refractivity contribution in [3.63, 3.8) is 0 Å². The van der Waals surface area contributed by atoms with Crippen LogP contribution in [0.2, 0.25) is 0 Å². The Morgan fingerprint density at radius 3 is 2.63 bits per heavy atom. The third-order valence-corrected chi connectivity index (χ3v) is 2.26. The molecule has 2 rings (SSSR count). The average molecular weight is 257 g/mol. The van der Waals surface area contributed by atoms with E-state index in [1.165, 1.54) is 24.3 Å². The standard InChI is InChI=1S/C13H9BFNO3/c15-12-6-1-2-7-13(12)19-14(17)18-11-5-3-4-10(8-11)9-16/h1-8,17H. The lowest BCUT2D eigenvalue weighted by Gasteiger charge is -2.11. The van der Waals surface area contributed by atoms with Crippen molar-refractivity contribution in [1.82, 2.24) is 0 Å². The monoisotopic (exact) mass is 257 g/mol. The minimum Gasteiger partial charge on any atom is -0.501 e. The van der Waals surface area contributed by atoms with Crippen LogP contribution < -0.4 is 9.31 Å². The molecule has 0 aliphatic carbocycles. The van der Waals surface area contributed by atoms with Crippen molar-refractivity contribution in [2.75, 3.05) is 0 Å². The van der Waals surface area contributed by atoms with Gasteiger partial charge < -0.3 is 14.3 Å². The Balaban J connectivity index is 2.03. The Hall–Kier alpha value is -2.52. The van der Waals surface area contributed by atoms with Gasteiger partial charge >= 0.3 is 7.32 Å². The smallest absolute Gasteiger partial charge is 0.501 e. The maximum absolute atomic E-state index is 13.3. The highest BCUT2D eigenvalue weighted by Gasteiger charge is 2.22. The first kappa shape index (κ1) is 12.9. The first-order valence-electron chi connectivity index (χ1n) is 5.45. The van der Waals surface area contributed by atoms with Crippen LogP contribution in [0.3, 0.4) is 0 Å². The largest absolute Gasteiger partial charge is 0.785 e. The predicted octanol–water partition coefficient (Wildman–Crippen LogP) is 2.13. The number of hydrogen-bond donors (Lipinski definition) is 1. The summed E-state index contributed by atoms with van der Waals surface area (Å²) in [4.78, 5) is 0. The molecule has 2 aromatic carbocycles. The van der Waals surface area contributed by atoms with Crippen LogP contribution in [-0.4, -0.2) is 12.3 Å². The van der Waals surface area contributed by atoms with Gasteiger partial charge in [0.05, 0.1) is 11.6 Å². The van der Waals surface area contributed by atoms with Gasteiger partial charge in [-0.2, -0.15) is 5.26 Å². The van der Waals surface area contributed by atoms with E-state index in [2.05, 4.69) is 0 Å². The third kappa shape index (κ3) is 3.47. The Morgan fingerprint density at radius 2 is 1.89 bits per heavy atom. The van der Waals surface area contributed by atoms with E-state index < -0.39 is 13.1 Å². The topological polar surface area (TPSA) is 62.5 Å². The molecule has 0 heterocycles. The van der Waals surface area contributed by atoms with Crippen molar-refractivity contribution in [3.05, 3.63) is 59.9 Å². The predicted molar refractivity (Wildman–Crippen MR) is 66.8 cm³/mol. The summed E-state index contributed by atoms with van der Waals surface area (Å²) in [5.74, 6) is -0.467. The molecule has 0 aliphatic heterocycles. The highest BCUT2D eigenvalue weighted by Crippen LogP contribution is 2.18. The van der Waals surface area contributed by atoms with E-state index in [9.17, 15) is 9.41 Å². The van der Waals surface area contributed by atoms with Gasteiger partial charge in [-0.3, -0.25) is 0 Å². The average Bonchev–Trinajstić information content (AvgIpc) is 2.41.